The molecule has 1 saturated heterocycles. The number of rotatable bonds is 4. The lowest BCUT2D eigenvalue weighted by atomic mass is 9.97. The van der Waals surface area contributed by atoms with E-state index in [1.54, 1.807) is 18.2 Å². The van der Waals surface area contributed by atoms with Gasteiger partial charge >= 0.3 is 6.03 Å². The lowest BCUT2D eigenvalue weighted by Crippen LogP contribution is -2.42. The van der Waals surface area contributed by atoms with Gasteiger partial charge in [0.1, 0.15) is 5.82 Å². The Hall–Kier alpha value is -1.62. The summed E-state index contributed by atoms with van der Waals surface area (Å²) in [5.74, 6) is 0.168. The van der Waals surface area contributed by atoms with Crippen molar-refractivity contribution in [1.82, 2.24) is 10.2 Å². The highest BCUT2D eigenvalue weighted by Gasteiger charge is 2.34. The van der Waals surface area contributed by atoms with Gasteiger partial charge in [-0.15, -0.1) is 0 Å². The first kappa shape index (κ1) is 14.3. The first-order valence-electron chi connectivity index (χ1n) is 7.77. The van der Waals surface area contributed by atoms with Gasteiger partial charge in [-0.2, -0.15) is 0 Å². The van der Waals surface area contributed by atoms with E-state index in [-0.39, 0.29) is 17.5 Å². The Kier molecular flexibility index (Phi) is 4.39. The van der Waals surface area contributed by atoms with Crippen molar-refractivity contribution < 1.29 is 9.18 Å². The zero-order valence-electron chi connectivity index (χ0n) is 12.1. The Morgan fingerprint density at radius 2 is 1.95 bits per heavy atom. The molecule has 2 amide bonds. The standard InChI is InChI=1S/C16H22FN3O/c17-14-3-1-2-4-15(14)19-16(21)20(13-5-6-13)11-12-7-9-18-10-8-12/h1-4,12-13,18H,5-11H2,(H,19,21). The molecule has 0 bridgehead atoms. The summed E-state index contributed by atoms with van der Waals surface area (Å²) in [6.45, 7) is 2.84. The van der Waals surface area contributed by atoms with Crippen LogP contribution in [0.3, 0.4) is 0 Å². The van der Waals surface area contributed by atoms with Crippen LogP contribution in [-0.4, -0.2) is 36.6 Å². The SMILES string of the molecule is O=C(Nc1ccccc1F)N(CC1CCNCC1)C1CC1. The third-order valence-electron chi connectivity index (χ3n) is 4.28. The van der Waals surface area contributed by atoms with E-state index >= 15 is 0 Å². The van der Waals surface area contributed by atoms with Crippen molar-refractivity contribution in [3.63, 3.8) is 0 Å². The maximum absolute atomic E-state index is 13.6. The highest BCUT2D eigenvalue weighted by molar-refractivity contribution is 5.89. The molecule has 1 aliphatic heterocycles. The van der Waals surface area contributed by atoms with Gasteiger partial charge in [-0.3, -0.25) is 0 Å². The van der Waals surface area contributed by atoms with E-state index in [0.717, 1.165) is 45.3 Å². The van der Waals surface area contributed by atoms with Crippen LogP contribution in [0, 0.1) is 11.7 Å². The van der Waals surface area contributed by atoms with E-state index in [2.05, 4.69) is 10.6 Å². The average Bonchev–Trinajstić information content (AvgIpc) is 3.33. The van der Waals surface area contributed by atoms with Crippen LogP contribution in [0.2, 0.25) is 0 Å². The third-order valence-corrected chi connectivity index (χ3v) is 4.28. The maximum Gasteiger partial charge on any atom is 0.322 e. The predicted molar refractivity (Wildman–Crippen MR) is 80.7 cm³/mol. The van der Waals surface area contributed by atoms with Gasteiger partial charge in [0.15, 0.2) is 0 Å². The third kappa shape index (κ3) is 3.73. The second-order valence-corrected chi connectivity index (χ2v) is 5.99. The Morgan fingerprint density at radius 1 is 1.24 bits per heavy atom. The van der Waals surface area contributed by atoms with E-state index < -0.39 is 0 Å². The number of urea groups is 1. The maximum atomic E-state index is 13.6. The minimum atomic E-state index is -0.386. The molecule has 1 aromatic carbocycles. The van der Waals surface area contributed by atoms with Crippen molar-refractivity contribution in [2.45, 2.75) is 31.7 Å². The molecule has 2 aliphatic rings. The highest BCUT2D eigenvalue weighted by Crippen LogP contribution is 2.29. The fraction of sp³-hybridized carbons (Fsp3) is 0.562. The lowest BCUT2D eigenvalue weighted by Gasteiger charge is -2.30. The Morgan fingerprint density at radius 3 is 2.62 bits per heavy atom. The summed E-state index contributed by atoms with van der Waals surface area (Å²) in [5.41, 5.74) is 0.262. The number of hydrogen-bond acceptors (Lipinski definition) is 2. The molecule has 114 valence electrons. The molecule has 0 spiro atoms. The average molecular weight is 291 g/mol. The molecular formula is C16H22FN3O. The zero-order valence-corrected chi connectivity index (χ0v) is 12.1. The number of hydrogen-bond donors (Lipinski definition) is 2. The number of carbonyl (C=O) groups excluding carboxylic acids is 1. The second kappa shape index (κ2) is 6.43. The minimum absolute atomic E-state index is 0.166. The molecule has 0 radical (unpaired) electrons. The van der Waals surface area contributed by atoms with Gasteiger partial charge in [-0.05, 0) is 56.8 Å². The number of nitrogens with one attached hydrogen (secondary N) is 2. The van der Waals surface area contributed by atoms with Crippen molar-refractivity contribution in [1.29, 1.82) is 0 Å². The smallest absolute Gasteiger partial charge is 0.321 e. The van der Waals surface area contributed by atoms with Gasteiger partial charge in [0.2, 0.25) is 0 Å². The van der Waals surface area contributed by atoms with Gasteiger partial charge in [-0.1, -0.05) is 12.1 Å². The molecule has 2 N–H and O–H groups in total. The normalized spacial score (nSPS) is 19.3. The summed E-state index contributed by atoms with van der Waals surface area (Å²) in [6, 6.07) is 6.49. The molecule has 1 aromatic rings. The fourth-order valence-corrected chi connectivity index (χ4v) is 2.88. The van der Waals surface area contributed by atoms with Crippen LogP contribution in [0.4, 0.5) is 14.9 Å². The van der Waals surface area contributed by atoms with Crippen LogP contribution in [0.5, 0.6) is 0 Å². The van der Waals surface area contributed by atoms with Crippen LogP contribution in [0.1, 0.15) is 25.7 Å². The topological polar surface area (TPSA) is 44.4 Å². The number of nitrogens with zero attached hydrogens (tertiary/aromatic N) is 1. The molecular weight excluding hydrogens is 269 g/mol. The molecule has 1 saturated carbocycles. The number of piperidine rings is 1. The number of carbonyl (C=O) groups is 1. The zero-order chi connectivity index (χ0) is 14.7. The van der Waals surface area contributed by atoms with Crippen LogP contribution < -0.4 is 10.6 Å². The Balaban J connectivity index is 1.63. The van der Waals surface area contributed by atoms with Gasteiger partial charge < -0.3 is 15.5 Å². The number of benzene rings is 1. The number of para-hydroxylation sites is 1. The van der Waals surface area contributed by atoms with E-state index in [1.807, 2.05) is 4.90 Å². The molecule has 2 fully saturated rings. The monoisotopic (exact) mass is 291 g/mol. The van der Waals surface area contributed by atoms with Crippen LogP contribution >= 0.6 is 0 Å². The van der Waals surface area contributed by atoms with Crippen LogP contribution in [0.15, 0.2) is 24.3 Å². The van der Waals surface area contributed by atoms with Crippen LogP contribution in [0.25, 0.3) is 0 Å². The summed E-state index contributed by atoms with van der Waals surface area (Å²) in [4.78, 5) is 14.4. The molecule has 0 unspecified atom stereocenters. The highest BCUT2D eigenvalue weighted by atomic mass is 19.1. The lowest BCUT2D eigenvalue weighted by molar-refractivity contribution is 0.188. The number of anilines is 1. The molecule has 0 atom stereocenters. The van der Waals surface area contributed by atoms with E-state index in [1.165, 1.54) is 6.07 Å². The van der Waals surface area contributed by atoms with E-state index in [0.29, 0.717) is 12.0 Å². The summed E-state index contributed by atoms with van der Waals surface area (Å²) >= 11 is 0. The molecule has 21 heavy (non-hydrogen) atoms. The molecule has 0 aromatic heterocycles. The van der Waals surface area contributed by atoms with Crippen molar-refractivity contribution >= 4 is 11.7 Å². The summed E-state index contributed by atoms with van der Waals surface area (Å²) in [6.07, 6.45) is 4.34. The molecule has 3 rings (SSSR count). The van der Waals surface area contributed by atoms with E-state index in [4.69, 9.17) is 0 Å². The Bertz CT molecular complexity index is 498. The van der Waals surface area contributed by atoms with Crippen molar-refractivity contribution in [2.75, 3.05) is 25.0 Å². The van der Waals surface area contributed by atoms with Gasteiger partial charge in [0, 0.05) is 12.6 Å². The largest absolute Gasteiger partial charge is 0.322 e. The van der Waals surface area contributed by atoms with Gasteiger partial charge in [0.25, 0.3) is 0 Å². The summed E-state index contributed by atoms with van der Waals surface area (Å²) < 4.78 is 13.6. The van der Waals surface area contributed by atoms with Crippen molar-refractivity contribution in [3.8, 4) is 0 Å². The minimum Gasteiger partial charge on any atom is -0.321 e. The second-order valence-electron chi connectivity index (χ2n) is 5.99. The number of amides is 2. The summed E-state index contributed by atoms with van der Waals surface area (Å²) in [7, 11) is 0. The molecule has 1 aliphatic carbocycles. The molecule has 1 heterocycles. The fourth-order valence-electron chi connectivity index (χ4n) is 2.88. The van der Waals surface area contributed by atoms with Crippen molar-refractivity contribution in [2.24, 2.45) is 5.92 Å². The first-order chi connectivity index (χ1) is 10.2. The predicted octanol–water partition coefficient (Wildman–Crippen LogP) is 2.82. The summed E-state index contributed by atoms with van der Waals surface area (Å²) in [5, 5.41) is 6.06. The van der Waals surface area contributed by atoms with Crippen LogP contribution in [-0.2, 0) is 0 Å². The number of halogens is 1. The van der Waals surface area contributed by atoms with Gasteiger partial charge in [0.05, 0.1) is 5.69 Å². The van der Waals surface area contributed by atoms with Crippen molar-refractivity contribution in [3.05, 3.63) is 30.1 Å². The molecule has 5 heteroatoms. The van der Waals surface area contributed by atoms with Gasteiger partial charge in [-0.25, -0.2) is 9.18 Å². The first-order valence-corrected chi connectivity index (χ1v) is 7.77. The quantitative estimate of drug-likeness (QED) is 0.896. The Labute approximate surface area is 124 Å². The van der Waals surface area contributed by atoms with E-state index in [9.17, 15) is 9.18 Å². The molecule has 4 nitrogen and oxygen atoms in total.